The van der Waals surface area contributed by atoms with E-state index in [9.17, 15) is 14.9 Å². The number of hydrogen-bond acceptors (Lipinski definition) is 6. The monoisotopic (exact) mass is 249 g/mol. The largest absolute Gasteiger partial charge is 0.361 e. The number of carbonyl (C=O) groups is 1. The van der Waals surface area contributed by atoms with Crippen LogP contribution in [0.5, 0.6) is 0 Å². The molecule has 0 aromatic carbocycles. The van der Waals surface area contributed by atoms with Crippen LogP contribution in [0.15, 0.2) is 12.1 Å². The highest BCUT2D eigenvalue weighted by Crippen LogP contribution is 2.17. The molecule has 0 unspecified atom stereocenters. The summed E-state index contributed by atoms with van der Waals surface area (Å²) in [7, 11) is 3.21. The van der Waals surface area contributed by atoms with E-state index in [2.05, 4.69) is 10.3 Å². The molecule has 0 saturated heterocycles. The molecule has 8 nitrogen and oxygen atoms in total. The van der Waals surface area contributed by atoms with E-state index in [-0.39, 0.29) is 29.7 Å². The topological polar surface area (TPSA) is 112 Å². The first-order valence-electron chi connectivity index (χ1n) is 4.95. The molecule has 1 N–H and O–H groups in total. The second-order valence-corrected chi connectivity index (χ2v) is 3.57. The van der Waals surface area contributed by atoms with Gasteiger partial charge in [0.2, 0.25) is 11.6 Å². The number of nitriles is 1. The molecule has 0 saturated carbocycles. The van der Waals surface area contributed by atoms with Crippen LogP contribution in [0.1, 0.15) is 5.69 Å². The van der Waals surface area contributed by atoms with Crippen molar-refractivity contribution in [2.75, 3.05) is 26.0 Å². The Morgan fingerprint density at radius 2 is 2.28 bits per heavy atom. The number of nitrogens with one attached hydrogen (secondary N) is 1. The average Bonchev–Trinajstić information content (AvgIpc) is 2.34. The van der Waals surface area contributed by atoms with Crippen LogP contribution in [0.25, 0.3) is 0 Å². The van der Waals surface area contributed by atoms with Crippen molar-refractivity contribution in [3.63, 3.8) is 0 Å². The maximum absolute atomic E-state index is 11.3. The maximum Gasteiger partial charge on any atom is 0.305 e. The number of anilines is 1. The standard InChI is InChI=1S/C10H11N5O3/c1-14(2)10(16)6-12-9-4-3-8(15(17)18)7(5-11)13-9/h3-4H,6H2,1-2H3,(H,12,13). The highest BCUT2D eigenvalue weighted by Gasteiger charge is 2.15. The van der Waals surface area contributed by atoms with Crippen LogP contribution in [-0.4, -0.2) is 41.4 Å². The summed E-state index contributed by atoms with van der Waals surface area (Å²) in [6.45, 7) is 0.00266. The van der Waals surface area contributed by atoms with Crippen molar-refractivity contribution in [3.05, 3.63) is 27.9 Å². The lowest BCUT2D eigenvalue weighted by atomic mass is 10.3. The SMILES string of the molecule is CN(C)C(=O)CNc1ccc([N+](=O)[O-])c(C#N)n1. The van der Waals surface area contributed by atoms with Crippen LogP contribution < -0.4 is 5.32 Å². The number of likely N-dealkylation sites (N-methyl/N-ethyl adjacent to an activating group) is 1. The summed E-state index contributed by atoms with van der Waals surface area (Å²) in [5, 5.41) is 22.0. The van der Waals surface area contributed by atoms with Gasteiger partial charge in [-0.3, -0.25) is 14.9 Å². The Balaban J connectivity index is 2.84. The zero-order chi connectivity index (χ0) is 13.7. The third-order valence-electron chi connectivity index (χ3n) is 2.10. The molecular weight excluding hydrogens is 238 g/mol. The fraction of sp³-hybridized carbons (Fsp3) is 0.300. The molecule has 94 valence electrons. The molecule has 0 aliphatic rings. The Kier molecular flexibility index (Phi) is 4.15. The summed E-state index contributed by atoms with van der Waals surface area (Å²) < 4.78 is 0. The quantitative estimate of drug-likeness (QED) is 0.609. The molecule has 1 aromatic rings. The van der Waals surface area contributed by atoms with Gasteiger partial charge in [0.1, 0.15) is 11.9 Å². The van der Waals surface area contributed by atoms with Gasteiger partial charge in [-0.2, -0.15) is 5.26 Å². The van der Waals surface area contributed by atoms with E-state index in [0.29, 0.717) is 0 Å². The zero-order valence-corrected chi connectivity index (χ0v) is 9.88. The number of rotatable bonds is 4. The van der Waals surface area contributed by atoms with Crippen LogP contribution >= 0.6 is 0 Å². The predicted octanol–water partition coefficient (Wildman–Crippen LogP) is 0.362. The molecule has 0 radical (unpaired) electrons. The number of aromatic nitrogens is 1. The summed E-state index contributed by atoms with van der Waals surface area (Å²) in [5.74, 6) is 0.0704. The van der Waals surface area contributed by atoms with Crippen molar-refractivity contribution >= 4 is 17.4 Å². The summed E-state index contributed by atoms with van der Waals surface area (Å²) in [5.41, 5.74) is -0.649. The lowest BCUT2D eigenvalue weighted by Gasteiger charge is -2.11. The minimum absolute atomic E-state index is 0.00266. The summed E-state index contributed by atoms with van der Waals surface area (Å²) >= 11 is 0. The van der Waals surface area contributed by atoms with Gasteiger partial charge in [0.05, 0.1) is 11.5 Å². The molecule has 18 heavy (non-hydrogen) atoms. The molecule has 0 spiro atoms. The molecular formula is C10H11N5O3. The van der Waals surface area contributed by atoms with Crippen LogP contribution in [0.2, 0.25) is 0 Å². The molecule has 0 atom stereocenters. The number of nitro groups is 1. The van der Waals surface area contributed by atoms with E-state index in [4.69, 9.17) is 5.26 Å². The first-order valence-corrected chi connectivity index (χ1v) is 4.95. The number of amides is 1. The Morgan fingerprint density at radius 3 is 2.78 bits per heavy atom. The van der Waals surface area contributed by atoms with Gasteiger partial charge in [0.15, 0.2) is 0 Å². The molecule has 1 amide bonds. The van der Waals surface area contributed by atoms with Crippen molar-refractivity contribution in [1.29, 1.82) is 5.26 Å². The van der Waals surface area contributed by atoms with Gasteiger partial charge in [0, 0.05) is 20.2 Å². The fourth-order valence-electron chi connectivity index (χ4n) is 1.10. The molecule has 1 heterocycles. The van der Waals surface area contributed by atoms with Gasteiger partial charge < -0.3 is 10.2 Å². The molecule has 1 aromatic heterocycles. The highest BCUT2D eigenvalue weighted by atomic mass is 16.6. The lowest BCUT2D eigenvalue weighted by Crippen LogP contribution is -2.28. The van der Waals surface area contributed by atoms with Crippen molar-refractivity contribution in [2.45, 2.75) is 0 Å². The van der Waals surface area contributed by atoms with E-state index in [1.54, 1.807) is 20.2 Å². The Hall–Kier alpha value is -2.69. The predicted molar refractivity (Wildman–Crippen MR) is 62.8 cm³/mol. The normalized spacial score (nSPS) is 9.39. The van der Waals surface area contributed by atoms with Gasteiger partial charge in [-0.05, 0) is 6.07 Å². The number of nitrogens with zero attached hydrogens (tertiary/aromatic N) is 4. The van der Waals surface area contributed by atoms with Gasteiger partial charge in [-0.1, -0.05) is 0 Å². The smallest absolute Gasteiger partial charge is 0.305 e. The van der Waals surface area contributed by atoms with E-state index in [1.165, 1.54) is 17.0 Å². The van der Waals surface area contributed by atoms with Gasteiger partial charge >= 0.3 is 5.69 Å². The van der Waals surface area contributed by atoms with E-state index < -0.39 is 4.92 Å². The van der Waals surface area contributed by atoms with Crippen molar-refractivity contribution in [3.8, 4) is 6.07 Å². The highest BCUT2D eigenvalue weighted by molar-refractivity contribution is 5.80. The average molecular weight is 249 g/mol. The van der Waals surface area contributed by atoms with Crippen molar-refractivity contribution in [1.82, 2.24) is 9.88 Å². The lowest BCUT2D eigenvalue weighted by molar-refractivity contribution is -0.385. The van der Waals surface area contributed by atoms with E-state index in [1.807, 2.05) is 0 Å². The van der Waals surface area contributed by atoms with Crippen LogP contribution in [0.4, 0.5) is 11.5 Å². The Morgan fingerprint density at radius 1 is 1.61 bits per heavy atom. The van der Waals surface area contributed by atoms with Crippen LogP contribution in [-0.2, 0) is 4.79 Å². The van der Waals surface area contributed by atoms with Gasteiger partial charge in [-0.15, -0.1) is 0 Å². The minimum Gasteiger partial charge on any atom is -0.361 e. The number of carbonyl (C=O) groups excluding carboxylic acids is 1. The molecule has 0 aliphatic heterocycles. The molecule has 0 fully saturated rings. The second kappa shape index (κ2) is 5.58. The Bertz CT molecular complexity index is 521. The van der Waals surface area contributed by atoms with E-state index >= 15 is 0 Å². The molecule has 0 bridgehead atoms. The Labute approximate surface area is 103 Å². The van der Waals surface area contributed by atoms with Gasteiger partial charge in [-0.25, -0.2) is 4.98 Å². The molecule has 8 heteroatoms. The first kappa shape index (κ1) is 13.4. The number of pyridine rings is 1. The van der Waals surface area contributed by atoms with Gasteiger partial charge in [0.25, 0.3) is 0 Å². The zero-order valence-electron chi connectivity index (χ0n) is 9.88. The molecule has 0 aliphatic carbocycles. The third kappa shape index (κ3) is 3.15. The minimum atomic E-state index is -0.680. The summed E-state index contributed by atoms with van der Waals surface area (Å²) in [6, 6.07) is 4.16. The first-order chi connectivity index (χ1) is 8.45. The summed E-state index contributed by atoms with van der Waals surface area (Å²) in [4.78, 5) is 26.4. The fourth-order valence-corrected chi connectivity index (χ4v) is 1.10. The second-order valence-electron chi connectivity index (χ2n) is 3.57. The maximum atomic E-state index is 11.3. The number of hydrogen-bond donors (Lipinski definition) is 1. The van der Waals surface area contributed by atoms with Crippen molar-refractivity contribution < 1.29 is 9.72 Å². The van der Waals surface area contributed by atoms with Crippen LogP contribution in [0.3, 0.4) is 0 Å². The van der Waals surface area contributed by atoms with Crippen molar-refractivity contribution in [2.24, 2.45) is 0 Å². The summed E-state index contributed by atoms with van der Waals surface area (Å²) in [6.07, 6.45) is 0. The van der Waals surface area contributed by atoms with E-state index in [0.717, 1.165) is 0 Å². The third-order valence-corrected chi connectivity index (χ3v) is 2.10. The molecule has 1 rings (SSSR count). The van der Waals surface area contributed by atoms with Crippen LogP contribution in [0, 0.1) is 21.4 Å².